The maximum Gasteiger partial charge on any atom is 0.233 e. The molecular formula is C23H26N4OS. The Hall–Kier alpha value is -2.73. The van der Waals surface area contributed by atoms with Gasteiger partial charge in [0, 0.05) is 38.4 Å². The van der Waals surface area contributed by atoms with Gasteiger partial charge in [0.25, 0.3) is 0 Å². The fourth-order valence-corrected chi connectivity index (χ4v) is 4.65. The lowest BCUT2D eigenvalue weighted by Gasteiger charge is -2.36. The highest BCUT2D eigenvalue weighted by atomic mass is 32.2. The second kappa shape index (κ2) is 8.74. The van der Waals surface area contributed by atoms with Gasteiger partial charge in [-0.2, -0.15) is 0 Å². The highest BCUT2D eigenvalue weighted by Gasteiger charge is 2.22. The minimum absolute atomic E-state index is 0.177. The first-order valence-corrected chi connectivity index (χ1v) is 10.9. The number of imidazole rings is 1. The van der Waals surface area contributed by atoms with Crippen LogP contribution in [0, 0.1) is 6.92 Å². The zero-order valence-electron chi connectivity index (χ0n) is 16.8. The van der Waals surface area contributed by atoms with Gasteiger partial charge in [0.15, 0.2) is 5.16 Å². The van der Waals surface area contributed by atoms with Gasteiger partial charge in [-0.15, -0.1) is 6.58 Å². The highest BCUT2D eigenvalue weighted by Crippen LogP contribution is 2.25. The van der Waals surface area contributed by atoms with Crippen LogP contribution in [0.5, 0.6) is 0 Å². The van der Waals surface area contributed by atoms with Crippen LogP contribution in [-0.4, -0.2) is 52.3 Å². The minimum Gasteiger partial charge on any atom is -0.368 e. The van der Waals surface area contributed by atoms with Gasteiger partial charge in [-0.05, 0) is 36.8 Å². The van der Waals surface area contributed by atoms with Crippen LogP contribution in [-0.2, 0) is 11.3 Å². The molecule has 29 heavy (non-hydrogen) atoms. The molecule has 0 bridgehead atoms. The van der Waals surface area contributed by atoms with Crippen molar-refractivity contribution in [2.75, 3.05) is 36.8 Å². The first-order chi connectivity index (χ1) is 14.2. The number of fused-ring (bicyclic) bond motifs is 1. The number of amides is 1. The van der Waals surface area contributed by atoms with Crippen molar-refractivity contribution in [2.24, 2.45) is 0 Å². The molecule has 2 aromatic carbocycles. The van der Waals surface area contributed by atoms with Crippen LogP contribution in [0.4, 0.5) is 5.69 Å². The van der Waals surface area contributed by atoms with Crippen LogP contribution in [0.2, 0.25) is 0 Å². The van der Waals surface area contributed by atoms with Crippen LogP contribution >= 0.6 is 11.8 Å². The molecular weight excluding hydrogens is 380 g/mol. The lowest BCUT2D eigenvalue weighted by atomic mass is 10.2. The van der Waals surface area contributed by atoms with Crippen molar-refractivity contribution in [3.8, 4) is 0 Å². The third-order valence-electron chi connectivity index (χ3n) is 5.26. The number of hydrogen-bond donors (Lipinski definition) is 0. The number of aryl methyl sites for hydroxylation is 1. The maximum atomic E-state index is 12.8. The Morgan fingerprint density at radius 2 is 1.93 bits per heavy atom. The summed E-state index contributed by atoms with van der Waals surface area (Å²) in [5.41, 5.74) is 4.54. The Kier molecular flexibility index (Phi) is 5.90. The van der Waals surface area contributed by atoms with E-state index in [0.717, 1.165) is 42.4 Å². The van der Waals surface area contributed by atoms with Crippen molar-refractivity contribution in [3.05, 3.63) is 66.7 Å². The van der Waals surface area contributed by atoms with Crippen LogP contribution in [0.1, 0.15) is 5.56 Å². The fraction of sp³-hybridized carbons (Fsp3) is 0.304. The summed E-state index contributed by atoms with van der Waals surface area (Å²) in [7, 11) is 0. The number of rotatable bonds is 6. The SMILES string of the molecule is C=CCn1c(SCC(=O)N2CCN(c3cccc(C)c3)CC2)nc2ccccc21. The van der Waals surface area contributed by atoms with Gasteiger partial charge >= 0.3 is 0 Å². The summed E-state index contributed by atoms with van der Waals surface area (Å²) in [5.74, 6) is 0.585. The first kappa shape index (κ1) is 19.6. The molecule has 150 valence electrons. The van der Waals surface area contributed by atoms with Crippen molar-refractivity contribution in [3.63, 3.8) is 0 Å². The van der Waals surface area contributed by atoms with Crippen LogP contribution in [0.3, 0.4) is 0 Å². The van der Waals surface area contributed by atoms with Gasteiger partial charge in [0.05, 0.1) is 16.8 Å². The number of benzene rings is 2. The van der Waals surface area contributed by atoms with Gasteiger partial charge in [-0.25, -0.2) is 4.98 Å². The second-order valence-corrected chi connectivity index (χ2v) is 8.22. The lowest BCUT2D eigenvalue weighted by Crippen LogP contribution is -2.49. The molecule has 0 N–H and O–H groups in total. The predicted octanol–water partition coefficient (Wildman–Crippen LogP) is 3.97. The summed E-state index contributed by atoms with van der Waals surface area (Å²) >= 11 is 1.51. The Labute approximate surface area is 176 Å². The standard InChI is InChI=1S/C23H26N4OS/c1-3-11-27-21-10-5-4-9-20(21)24-23(27)29-17-22(28)26-14-12-25(13-15-26)19-8-6-7-18(2)16-19/h3-10,16H,1,11-15,17H2,2H3. The molecule has 1 aliphatic rings. The van der Waals surface area contributed by atoms with E-state index in [9.17, 15) is 4.79 Å². The molecule has 0 aliphatic carbocycles. The molecule has 3 aromatic rings. The monoisotopic (exact) mass is 406 g/mol. The van der Waals surface area contributed by atoms with E-state index < -0.39 is 0 Å². The summed E-state index contributed by atoms with van der Waals surface area (Å²) in [6, 6.07) is 16.6. The molecule has 4 rings (SSSR count). The Bertz CT molecular complexity index is 1020. The number of piperazine rings is 1. The molecule has 1 aromatic heterocycles. The number of aromatic nitrogens is 2. The topological polar surface area (TPSA) is 41.4 Å². The van der Waals surface area contributed by atoms with E-state index in [1.54, 1.807) is 0 Å². The molecule has 0 spiro atoms. The number of nitrogens with zero attached hydrogens (tertiary/aromatic N) is 4. The normalized spacial score (nSPS) is 14.4. The predicted molar refractivity (Wildman–Crippen MR) is 121 cm³/mol. The third-order valence-corrected chi connectivity index (χ3v) is 6.22. The highest BCUT2D eigenvalue weighted by molar-refractivity contribution is 7.99. The first-order valence-electron chi connectivity index (χ1n) is 9.94. The molecule has 0 atom stereocenters. The van der Waals surface area contributed by atoms with E-state index in [-0.39, 0.29) is 5.91 Å². The summed E-state index contributed by atoms with van der Waals surface area (Å²) < 4.78 is 2.12. The average molecular weight is 407 g/mol. The van der Waals surface area contributed by atoms with Gasteiger partial charge < -0.3 is 14.4 Å². The van der Waals surface area contributed by atoms with Crippen molar-refractivity contribution in [1.29, 1.82) is 0 Å². The van der Waals surface area contributed by atoms with Crippen LogP contribution in [0.25, 0.3) is 11.0 Å². The lowest BCUT2D eigenvalue weighted by molar-refractivity contribution is -0.128. The summed E-state index contributed by atoms with van der Waals surface area (Å²) in [6.45, 7) is 9.91. The smallest absolute Gasteiger partial charge is 0.233 e. The molecule has 0 radical (unpaired) electrons. The Morgan fingerprint density at radius 3 is 2.69 bits per heavy atom. The van der Waals surface area contributed by atoms with Crippen LogP contribution < -0.4 is 4.90 Å². The number of thioether (sulfide) groups is 1. The molecule has 0 saturated carbocycles. The van der Waals surface area contributed by atoms with E-state index in [2.05, 4.69) is 53.3 Å². The number of para-hydroxylation sites is 2. The Morgan fingerprint density at radius 1 is 1.14 bits per heavy atom. The molecule has 5 nitrogen and oxygen atoms in total. The van der Waals surface area contributed by atoms with Crippen molar-refractivity contribution in [2.45, 2.75) is 18.6 Å². The van der Waals surface area contributed by atoms with Gasteiger partial charge in [0.1, 0.15) is 0 Å². The largest absolute Gasteiger partial charge is 0.368 e. The second-order valence-electron chi connectivity index (χ2n) is 7.28. The summed E-state index contributed by atoms with van der Waals surface area (Å²) in [6.07, 6.45) is 1.87. The number of carbonyl (C=O) groups excluding carboxylic acids is 1. The molecule has 1 fully saturated rings. The molecule has 1 saturated heterocycles. The van der Waals surface area contributed by atoms with E-state index in [1.165, 1.54) is 23.0 Å². The van der Waals surface area contributed by atoms with E-state index >= 15 is 0 Å². The molecule has 1 aliphatic heterocycles. The molecule has 2 heterocycles. The van der Waals surface area contributed by atoms with E-state index in [1.807, 2.05) is 29.2 Å². The molecule has 6 heteroatoms. The van der Waals surface area contributed by atoms with Gasteiger partial charge in [-0.1, -0.05) is 42.1 Å². The van der Waals surface area contributed by atoms with Gasteiger partial charge in [0.2, 0.25) is 5.91 Å². The minimum atomic E-state index is 0.177. The van der Waals surface area contributed by atoms with E-state index in [0.29, 0.717) is 12.3 Å². The quantitative estimate of drug-likeness (QED) is 0.459. The average Bonchev–Trinajstić information content (AvgIpc) is 3.10. The number of hydrogen-bond acceptors (Lipinski definition) is 4. The molecule has 0 unspecified atom stereocenters. The number of allylic oxidation sites excluding steroid dienone is 1. The maximum absolute atomic E-state index is 12.8. The number of carbonyl (C=O) groups is 1. The van der Waals surface area contributed by atoms with Gasteiger partial charge in [-0.3, -0.25) is 4.79 Å². The van der Waals surface area contributed by atoms with Crippen molar-refractivity contribution >= 4 is 34.4 Å². The van der Waals surface area contributed by atoms with Crippen molar-refractivity contribution in [1.82, 2.24) is 14.5 Å². The third kappa shape index (κ3) is 4.32. The number of anilines is 1. The molecule has 1 amide bonds. The van der Waals surface area contributed by atoms with E-state index in [4.69, 9.17) is 4.98 Å². The van der Waals surface area contributed by atoms with Crippen molar-refractivity contribution < 1.29 is 4.79 Å². The van der Waals surface area contributed by atoms with Crippen LogP contribution in [0.15, 0.2) is 66.3 Å². The summed E-state index contributed by atoms with van der Waals surface area (Å²) in [4.78, 5) is 21.8. The zero-order chi connectivity index (χ0) is 20.2. The Balaban J connectivity index is 1.37. The zero-order valence-corrected chi connectivity index (χ0v) is 17.6. The summed E-state index contributed by atoms with van der Waals surface area (Å²) in [5, 5.41) is 0.873. The fourth-order valence-electron chi connectivity index (χ4n) is 3.73.